The average molecular weight is 274 g/mol. The third-order valence-corrected chi connectivity index (χ3v) is 4.63. The summed E-state index contributed by atoms with van der Waals surface area (Å²) in [6.07, 6.45) is 3.89. The summed E-state index contributed by atoms with van der Waals surface area (Å²) in [4.78, 5) is 2.61. The second-order valence-corrected chi connectivity index (χ2v) is 6.50. The van der Waals surface area contributed by atoms with Gasteiger partial charge in [0, 0.05) is 18.1 Å². The predicted molar refractivity (Wildman–Crippen MR) is 87.1 cm³/mol. The summed E-state index contributed by atoms with van der Waals surface area (Å²) in [5, 5.41) is 3.85. The van der Waals surface area contributed by atoms with Gasteiger partial charge in [-0.3, -0.25) is 0 Å². The summed E-state index contributed by atoms with van der Waals surface area (Å²) in [6.45, 7) is 11.6. The second-order valence-electron chi connectivity index (χ2n) is 6.50. The van der Waals surface area contributed by atoms with Gasteiger partial charge in [-0.2, -0.15) is 0 Å². The largest absolute Gasteiger partial charge is 0.307 e. The van der Waals surface area contributed by atoms with Crippen LogP contribution in [0.2, 0.25) is 0 Å². The molecule has 1 fully saturated rings. The van der Waals surface area contributed by atoms with Crippen molar-refractivity contribution in [3.63, 3.8) is 0 Å². The van der Waals surface area contributed by atoms with Crippen molar-refractivity contribution in [2.45, 2.75) is 65.1 Å². The maximum Gasteiger partial charge on any atom is 0.0296 e. The molecule has 1 saturated heterocycles. The topological polar surface area (TPSA) is 15.3 Å². The van der Waals surface area contributed by atoms with Crippen LogP contribution < -0.4 is 5.32 Å². The maximum atomic E-state index is 3.85. The molecular formula is C18H30N2. The minimum absolute atomic E-state index is 0.451. The first-order chi connectivity index (χ1) is 9.58. The van der Waals surface area contributed by atoms with Gasteiger partial charge in [-0.1, -0.05) is 24.3 Å². The molecule has 2 nitrogen and oxygen atoms in total. The summed E-state index contributed by atoms with van der Waals surface area (Å²) in [5.74, 6) is 0. The van der Waals surface area contributed by atoms with E-state index in [9.17, 15) is 0 Å². The quantitative estimate of drug-likeness (QED) is 0.895. The molecule has 2 rings (SSSR count). The van der Waals surface area contributed by atoms with E-state index in [1.807, 2.05) is 0 Å². The van der Waals surface area contributed by atoms with Crippen molar-refractivity contribution in [2.75, 3.05) is 13.1 Å². The van der Waals surface area contributed by atoms with Crippen LogP contribution in [0.25, 0.3) is 0 Å². The number of hydrogen-bond acceptors (Lipinski definition) is 2. The van der Waals surface area contributed by atoms with Gasteiger partial charge in [-0.15, -0.1) is 0 Å². The third kappa shape index (κ3) is 4.07. The van der Waals surface area contributed by atoms with Crippen molar-refractivity contribution >= 4 is 0 Å². The molecule has 1 aromatic rings. The molecule has 2 unspecified atom stereocenters. The molecule has 1 aliphatic rings. The summed E-state index contributed by atoms with van der Waals surface area (Å²) in [7, 11) is 0. The Morgan fingerprint density at radius 3 is 2.55 bits per heavy atom. The lowest BCUT2D eigenvalue weighted by Gasteiger charge is -2.25. The number of rotatable bonds is 4. The molecule has 0 aliphatic carbocycles. The molecule has 2 atom stereocenters. The Labute approximate surface area is 124 Å². The zero-order valence-corrected chi connectivity index (χ0v) is 13.5. The van der Waals surface area contributed by atoms with E-state index < -0.39 is 0 Å². The van der Waals surface area contributed by atoms with Crippen LogP contribution in [0.4, 0.5) is 0 Å². The van der Waals surface area contributed by atoms with Crippen LogP contribution in [-0.2, 0) is 0 Å². The minimum Gasteiger partial charge on any atom is -0.307 e. The number of nitrogens with one attached hydrogen (secondary N) is 1. The lowest BCUT2D eigenvalue weighted by molar-refractivity contribution is 0.228. The van der Waals surface area contributed by atoms with E-state index in [1.54, 1.807) is 0 Å². The third-order valence-electron chi connectivity index (χ3n) is 4.63. The van der Waals surface area contributed by atoms with Crippen molar-refractivity contribution in [1.82, 2.24) is 10.2 Å². The molecule has 1 heterocycles. The first kappa shape index (κ1) is 15.5. The van der Waals surface area contributed by atoms with Crippen molar-refractivity contribution < 1.29 is 0 Å². The predicted octanol–water partition coefficient (Wildman–Crippen LogP) is 3.91. The molecule has 0 aromatic heterocycles. The van der Waals surface area contributed by atoms with E-state index in [1.165, 1.54) is 43.5 Å². The Morgan fingerprint density at radius 2 is 1.85 bits per heavy atom. The number of benzene rings is 1. The van der Waals surface area contributed by atoms with Crippen molar-refractivity contribution in [2.24, 2.45) is 0 Å². The lowest BCUT2D eigenvalue weighted by atomic mass is 10.0. The first-order valence-electron chi connectivity index (χ1n) is 8.13. The molecule has 1 aliphatic heterocycles. The van der Waals surface area contributed by atoms with Gasteiger partial charge in [-0.05, 0) is 71.2 Å². The molecular weight excluding hydrogens is 244 g/mol. The fraction of sp³-hybridized carbons (Fsp3) is 0.667. The molecule has 0 amide bonds. The van der Waals surface area contributed by atoms with Crippen LogP contribution in [-0.4, -0.2) is 30.1 Å². The van der Waals surface area contributed by atoms with E-state index in [4.69, 9.17) is 0 Å². The monoisotopic (exact) mass is 274 g/mol. The highest BCUT2D eigenvalue weighted by Crippen LogP contribution is 2.20. The van der Waals surface area contributed by atoms with Crippen LogP contribution in [0.3, 0.4) is 0 Å². The van der Waals surface area contributed by atoms with E-state index in [2.05, 4.69) is 62.2 Å². The Kier molecular flexibility index (Phi) is 5.62. The van der Waals surface area contributed by atoms with Gasteiger partial charge in [0.05, 0.1) is 0 Å². The SMILES string of the molecule is Cc1ccccc1C(C)NC1CCCN(C(C)C)CC1. The standard InChI is InChI=1S/C18H30N2/c1-14(2)20-12-7-9-17(11-13-20)19-16(4)18-10-6-5-8-15(18)3/h5-6,8,10,14,16-17,19H,7,9,11-13H2,1-4H3. The normalized spacial score (nSPS) is 22.8. The highest BCUT2D eigenvalue weighted by molar-refractivity contribution is 5.28. The minimum atomic E-state index is 0.451. The highest BCUT2D eigenvalue weighted by Gasteiger charge is 2.20. The zero-order valence-electron chi connectivity index (χ0n) is 13.5. The maximum absolute atomic E-state index is 3.85. The molecule has 1 aromatic carbocycles. The van der Waals surface area contributed by atoms with Crippen LogP contribution in [0, 0.1) is 6.92 Å². The summed E-state index contributed by atoms with van der Waals surface area (Å²) in [6, 6.07) is 10.5. The molecule has 112 valence electrons. The fourth-order valence-corrected chi connectivity index (χ4v) is 3.32. The number of hydrogen-bond donors (Lipinski definition) is 1. The fourth-order valence-electron chi connectivity index (χ4n) is 3.32. The molecule has 0 saturated carbocycles. The number of likely N-dealkylation sites (tertiary alicyclic amines) is 1. The molecule has 20 heavy (non-hydrogen) atoms. The molecule has 2 heteroatoms. The zero-order chi connectivity index (χ0) is 14.5. The van der Waals surface area contributed by atoms with Crippen LogP contribution in [0.1, 0.15) is 57.2 Å². The van der Waals surface area contributed by atoms with Crippen molar-refractivity contribution in [1.29, 1.82) is 0 Å². The smallest absolute Gasteiger partial charge is 0.0296 e. The van der Waals surface area contributed by atoms with Gasteiger partial charge in [0.15, 0.2) is 0 Å². The number of aryl methyl sites for hydroxylation is 1. The van der Waals surface area contributed by atoms with Crippen LogP contribution in [0.15, 0.2) is 24.3 Å². The second kappa shape index (κ2) is 7.24. The van der Waals surface area contributed by atoms with Gasteiger partial charge in [0.25, 0.3) is 0 Å². The first-order valence-corrected chi connectivity index (χ1v) is 8.13. The molecule has 0 radical (unpaired) electrons. The Bertz CT molecular complexity index is 414. The van der Waals surface area contributed by atoms with Crippen LogP contribution in [0.5, 0.6) is 0 Å². The average Bonchev–Trinajstić information content (AvgIpc) is 2.65. The van der Waals surface area contributed by atoms with Gasteiger partial charge in [0.2, 0.25) is 0 Å². The van der Waals surface area contributed by atoms with Gasteiger partial charge in [0.1, 0.15) is 0 Å². The van der Waals surface area contributed by atoms with Gasteiger partial charge < -0.3 is 10.2 Å². The Balaban J connectivity index is 1.92. The van der Waals surface area contributed by atoms with Gasteiger partial charge in [-0.25, -0.2) is 0 Å². The van der Waals surface area contributed by atoms with E-state index in [0.717, 1.165) is 0 Å². The highest BCUT2D eigenvalue weighted by atomic mass is 15.1. The number of nitrogens with zero attached hydrogens (tertiary/aromatic N) is 1. The van der Waals surface area contributed by atoms with Crippen molar-refractivity contribution in [3.05, 3.63) is 35.4 Å². The lowest BCUT2D eigenvalue weighted by Crippen LogP contribution is -2.35. The van der Waals surface area contributed by atoms with Gasteiger partial charge >= 0.3 is 0 Å². The summed E-state index contributed by atoms with van der Waals surface area (Å²) in [5.41, 5.74) is 2.84. The van der Waals surface area contributed by atoms with Crippen molar-refractivity contribution in [3.8, 4) is 0 Å². The van der Waals surface area contributed by atoms with Crippen LogP contribution >= 0.6 is 0 Å². The summed E-state index contributed by atoms with van der Waals surface area (Å²) < 4.78 is 0. The van der Waals surface area contributed by atoms with E-state index in [0.29, 0.717) is 18.1 Å². The van der Waals surface area contributed by atoms with E-state index in [-0.39, 0.29) is 0 Å². The molecule has 0 bridgehead atoms. The Hall–Kier alpha value is -0.860. The van der Waals surface area contributed by atoms with E-state index >= 15 is 0 Å². The molecule has 0 spiro atoms. The summed E-state index contributed by atoms with van der Waals surface area (Å²) >= 11 is 0. The Morgan fingerprint density at radius 1 is 1.10 bits per heavy atom. The molecule has 1 N–H and O–H groups in total.